The van der Waals surface area contributed by atoms with E-state index in [-0.39, 0.29) is 30.3 Å². The largest absolute Gasteiger partial charge is 0.480 e. The topological polar surface area (TPSA) is 108 Å². The standard InChI is InChI=1S/C14H27N3O4/c1-9(2)8-10(12(19)20)16-13(21)15-7-6-11(18)17-14(3,4)5/h9-10H,6-8H2,1-5H3,(H,17,18)(H,19,20)(H2,15,16,21)/t10-/m1/s1. The molecule has 3 amide bonds. The fourth-order valence-corrected chi connectivity index (χ4v) is 1.67. The van der Waals surface area contributed by atoms with Crippen LogP contribution in [0.15, 0.2) is 0 Å². The zero-order valence-electron chi connectivity index (χ0n) is 13.4. The Kier molecular flexibility index (Phi) is 7.76. The first-order chi connectivity index (χ1) is 9.51. The molecule has 0 aliphatic carbocycles. The molecule has 0 spiro atoms. The molecule has 122 valence electrons. The minimum Gasteiger partial charge on any atom is -0.480 e. The van der Waals surface area contributed by atoms with Crippen molar-refractivity contribution in [1.82, 2.24) is 16.0 Å². The van der Waals surface area contributed by atoms with Crippen molar-refractivity contribution in [3.63, 3.8) is 0 Å². The average Bonchev–Trinajstić information content (AvgIpc) is 2.24. The number of carboxylic acid groups (broad SMARTS) is 1. The summed E-state index contributed by atoms with van der Waals surface area (Å²) in [7, 11) is 0. The Morgan fingerprint density at radius 3 is 2.14 bits per heavy atom. The molecule has 0 radical (unpaired) electrons. The molecule has 7 heteroatoms. The molecule has 1 atom stereocenters. The number of carbonyl (C=O) groups is 3. The minimum atomic E-state index is -1.07. The maximum atomic E-state index is 11.6. The third-order valence-electron chi connectivity index (χ3n) is 2.46. The number of amides is 3. The van der Waals surface area contributed by atoms with Crippen LogP contribution in [-0.4, -0.2) is 41.1 Å². The van der Waals surface area contributed by atoms with Gasteiger partial charge in [0.1, 0.15) is 6.04 Å². The molecule has 0 bridgehead atoms. The third-order valence-corrected chi connectivity index (χ3v) is 2.46. The van der Waals surface area contributed by atoms with Crippen molar-refractivity contribution < 1.29 is 19.5 Å². The highest BCUT2D eigenvalue weighted by molar-refractivity contribution is 5.83. The van der Waals surface area contributed by atoms with Crippen LogP contribution in [0, 0.1) is 5.92 Å². The van der Waals surface area contributed by atoms with Gasteiger partial charge in [-0.25, -0.2) is 9.59 Å². The Balaban J connectivity index is 4.09. The van der Waals surface area contributed by atoms with Gasteiger partial charge in [0.2, 0.25) is 5.91 Å². The fraction of sp³-hybridized carbons (Fsp3) is 0.786. The highest BCUT2D eigenvalue weighted by atomic mass is 16.4. The van der Waals surface area contributed by atoms with E-state index in [1.54, 1.807) is 0 Å². The van der Waals surface area contributed by atoms with Crippen LogP contribution >= 0.6 is 0 Å². The summed E-state index contributed by atoms with van der Waals surface area (Å²) in [6.07, 6.45) is 0.500. The summed E-state index contributed by atoms with van der Waals surface area (Å²) in [6.45, 7) is 9.53. The Hall–Kier alpha value is -1.79. The lowest BCUT2D eigenvalue weighted by Crippen LogP contribution is -2.47. The van der Waals surface area contributed by atoms with Crippen LogP contribution in [0.5, 0.6) is 0 Å². The van der Waals surface area contributed by atoms with Gasteiger partial charge in [-0.1, -0.05) is 13.8 Å². The van der Waals surface area contributed by atoms with Crippen LogP contribution < -0.4 is 16.0 Å². The zero-order chi connectivity index (χ0) is 16.6. The number of hydrogen-bond donors (Lipinski definition) is 4. The van der Waals surface area contributed by atoms with Gasteiger partial charge in [-0.05, 0) is 33.1 Å². The molecule has 21 heavy (non-hydrogen) atoms. The molecule has 0 saturated carbocycles. The SMILES string of the molecule is CC(C)C[C@@H](NC(=O)NCCC(=O)NC(C)(C)C)C(=O)O. The number of carbonyl (C=O) groups excluding carboxylic acids is 2. The maximum absolute atomic E-state index is 11.6. The normalized spacial score (nSPS) is 12.7. The van der Waals surface area contributed by atoms with E-state index >= 15 is 0 Å². The van der Waals surface area contributed by atoms with Crippen LogP contribution in [-0.2, 0) is 9.59 Å². The van der Waals surface area contributed by atoms with Gasteiger partial charge in [0.05, 0.1) is 0 Å². The second kappa shape index (κ2) is 8.49. The second-order valence-corrected chi connectivity index (χ2v) is 6.47. The Morgan fingerprint density at radius 2 is 1.71 bits per heavy atom. The number of nitrogens with one attached hydrogen (secondary N) is 3. The van der Waals surface area contributed by atoms with E-state index in [2.05, 4.69) is 16.0 Å². The van der Waals surface area contributed by atoms with Crippen LogP contribution in [0.3, 0.4) is 0 Å². The first kappa shape index (κ1) is 19.2. The lowest BCUT2D eigenvalue weighted by Gasteiger charge is -2.20. The van der Waals surface area contributed by atoms with E-state index in [9.17, 15) is 14.4 Å². The van der Waals surface area contributed by atoms with Crippen molar-refractivity contribution >= 4 is 17.9 Å². The van der Waals surface area contributed by atoms with E-state index in [0.717, 1.165) is 0 Å². The molecule has 0 unspecified atom stereocenters. The molecule has 4 N–H and O–H groups in total. The molecular weight excluding hydrogens is 274 g/mol. The fourth-order valence-electron chi connectivity index (χ4n) is 1.67. The minimum absolute atomic E-state index is 0.145. The van der Waals surface area contributed by atoms with Crippen molar-refractivity contribution in [3.8, 4) is 0 Å². The van der Waals surface area contributed by atoms with Crippen molar-refractivity contribution in [2.24, 2.45) is 5.92 Å². The quantitative estimate of drug-likeness (QED) is 0.564. The van der Waals surface area contributed by atoms with Gasteiger partial charge in [-0.2, -0.15) is 0 Å². The van der Waals surface area contributed by atoms with Crippen molar-refractivity contribution in [2.75, 3.05) is 6.54 Å². The summed E-state index contributed by atoms with van der Waals surface area (Å²) >= 11 is 0. The van der Waals surface area contributed by atoms with E-state index in [4.69, 9.17) is 5.11 Å². The summed E-state index contributed by atoms with van der Waals surface area (Å²) in [4.78, 5) is 34.1. The molecule has 0 aromatic carbocycles. The number of carboxylic acids is 1. The van der Waals surface area contributed by atoms with E-state index < -0.39 is 18.0 Å². The molecule has 0 saturated heterocycles. The first-order valence-electron chi connectivity index (χ1n) is 7.09. The van der Waals surface area contributed by atoms with Crippen LogP contribution in [0.2, 0.25) is 0 Å². The maximum Gasteiger partial charge on any atom is 0.326 e. The number of aliphatic carboxylic acids is 1. The predicted molar refractivity (Wildman–Crippen MR) is 79.9 cm³/mol. The van der Waals surface area contributed by atoms with Gasteiger partial charge < -0.3 is 21.1 Å². The second-order valence-electron chi connectivity index (χ2n) is 6.47. The van der Waals surface area contributed by atoms with E-state index in [1.165, 1.54) is 0 Å². The molecule has 0 fully saturated rings. The number of urea groups is 1. The van der Waals surface area contributed by atoms with Crippen molar-refractivity contribution in [1.29, 1.82) is 0 Å². The van der Waals surface area contributed by atoms with Crippen molar-refractivity contribution in [2.45, 2.75) is 59.0 Å². The summed E-state index contributed by atoms with van der Waals surface area (Å²) in [5.41, 5.74) is -0.314. The van der Waals surface area contributed by atoms with E-state index in [0.29, 0.717) is 6.42 Å². The molecule has 0 aromatic rings. The smallest absolute Gasteiger partial charge is 0.326 e. The number of hydrogen-bond acceptors (Lipinski definition) is 3. The van der Waals surface area contributed by atoms with Gasteiger partial charge in [-0.15, -0.1) is 0 Å². The monoisotopic (exact) mass is 301 g/mol. The summed E-state index contributed by atoms with van der Waals surface area (Å²) in [5, 5.41) is 16.7. The summed E-state index contributed by atoms with van der Waals surface area (Å²) in [6, 6.07) is -1.50. The molecule has 0 heterocycles. The Bertz CT molecular complexity index is 375. The van der Waals surface area contributed by atoms with Gasteiger partial charge in [0, 0.05) is 18.5 Å². The van der Waals surface area contributed by atoms with Crippen LogP contribution in [0.1, 0.15) is 47.5 Å². The lowest BCUT2D eigenvalue weighted by atomic mass is 10.0. The molecule has 0 rings (SSSR count). The van der Waals surface area contributed by atoms with Gasteiger partial charge in [0.15, 0.2) is 0 Å². The van der Waals surface area contributed by atoms with Gasteiger partial charge in [-0.3, -0.25) is 4.79 Å². The molecule has 7 nitrogen and oxygen atoms in total. The van der Waals surface area contributed by atoms with E-state index in [1.807, 2.05) is 34.6 Å². The third kappa shape index (κ3) is 10.6. The van der Waals surface area contributed by atoms with Crippen LogP contribution in [0.4, 0.5) is 4.79 Å². The first-order valence-corrected chi connectivity index (χ1v) is 7.09. The zero-order valence-corrected chi connectivity index (χ0v) is 13.4. The van der Waals surface area contributed by atoms with Gasteiger partial charge in [0.25, 0.3) is 0 Å². The van der Waals surface area contributed by atoms with Gasteiger partial charge >= 0.3 is 12.0 Å². The van der Waals surface area contributed by atoms with Crippen LogP contribution in [0.25, 0.3) is 0 Å². The highest BCUT2D eigenvalue weighted by Gasteiger charge is 2.21. The summed E-state index contributed by atoms with van der Waals surface area (Å²) < 4.78 is 0. The molecular formula is C14H27N3O4. The molecule has 0 aliphatic rings. The molecule has 0 aromatic heterocycles. The lowest BCUT2D eigenvalue weighted by molar-refractivity contribution is -0.139. The Labute approximate surface area is 125 Å². The van der Waals surface area contributed by atoms with Crippen molar-refractivity contribution in [3.05, 3.63) is 0 Å². The highest BCUT2D eigenvalue weighted by Crippen LogP contribution is 2.04. The Morgan fingerprint density at radius 1 is 1.14 bits per heavy atom. The average molecular weight is 301 g/mol. The number of rotatable bonds is 7. The molecule has 0 aliphatic heterocycles. The predicted octanol–water partition coefficient (Wildman–Crippen LogP) is 1.09. The summed E-state index contributed by atoms with van der Waals surface area (Å²) in [5.74, 6) is -1.08.